The van der Waals surface area contributed by atoms with Crippen molar-refractivity contribution in [2.45, 2.75) is 71.5 Å². The number of nitrogens with one attached hydrogen (secondary N) is 2. The van der Waals surface area contributed by atoms with Crippen LogP contribution in [0.15, 0.2) is 47.5 Å². The quantitative estimate of drug-likeness (QED) is 0.596. The zero-order chi connectivity index (χ0) is 27.5. The van der Waals surface area contributed by atoms with E-state index < -0.39 is 0 Å². The number of hydrogen-bond acceptors (Lipinski definition) is 4. The number of amides is 3. The van der Waals surface area contributed by atoms with E-state index in [0.29, 0.717) is 31.6 Å². The summed E-state index contributed by atoms with van der Waals surface area (Å²) in [6.07, 6.45) is 3.97. The number of benzene rings is 2. The standard InChI is InChI=1S/C31H39N5O3/c1-20(2)33-30(38)24-10-12-26(13-11-24)36-27-16-22(18-35-15-14-32-29(37)19-35)6-9-25(27)17-28(36)34-31(39)23-7-4-21(3)5-8-23/h4-9,16,20,24,26H,10-15,17-19H2,1-3H3,(H,32,37)(H,33,38). The first-order valence-electron chi connectivity index (χ1n) is 14.2. The summed E-state index contributed by atoms with van der Waals surface area (Å²) < 4.78 is 0. The van der Waals surface area contributed by atoms with Crippen LogP contribution in [0.25, 0.3) is 0 Å². The summed E-state index contributed by atoms with van der Waals surface area (Å²) in [4.78, 5) is 46.8. The molecule has 3 aliphatic rings. The molecule has 0 radical (unpaired) electrons. The number of amidine groups is 1. The lowest BCUT2D eigenvalue weighted by atomic mass is 9.84. The smallest absolute Gasteiger partial charge is 0.278 e. The van der Waals surface area contributed by atoms with Gasteiger partial charge >= 0.3 is 0 Å². The number of carbonyl (C=O) groups excluding carboxylic acids is 3. The normalized spacial score (nSPS) is 22.6. The highest BCUT2D eigenvalue weighted by molar-refractivity contribution is 6.12. The van der Waals surface area contributed by atoms with E-state index in [1.54, 1.807) is 0 Å². The van der Waals surface area contributed by atoms with E-state index >= 15 is 0 Å². The molecular weight excluding hydrogens is 490 g/mol. The molecule has 2 aliphatic heterocycles. The third kappa shape index (κ3) is 6.38. The molecule has 2 aromatic rings. The molecule has 0 aromatic heterocycles. The van der Waals surface area contributed by atoms with Gasteiger partial charge in [0.2, 0.25) is 11.8 Å². The average Bonchev–Trinajstić information content (AvgIpc) is 3.25. The van der Waals surface area contributed by atoms with E-state index in [-0.39, 0.29) is 35.7 Å². The largest absolute Gasteiger partial charge is 0.354 e. The Balaban J connectivity index is 1.40. The highest BCUT2D eigenvalue weighted by atomic mass is 16.2. The van der Waals surface area contributed by atoms with E-state index in [0.717, 1.165) is 60.4 Å². The van der Waals surface area contributed by atoms with Crippen molar-refractivity contribution in [1.82, 2.24) is 15.5 Å². The van der Waals surface area contributed by atoms with Gasteiger partial charge in [0.05, 0.1) is 6.54 Å². The highest BCUT2D eigenvalue weighted by Gasteiger charge is 2.36. The van der Waals surface area contributed by atoms with Crippen LogP contribution in [0.3, 0.4) is 0 Å². The Kier molecular flexibility index (Phi) is 8.12. The van der Waals surface area contributed by atoms with Crippen molar-refractivity contribution in [3.05, 3.63) is 64.7 Å². The monoisotopic (exact) mass is 529 g/mol. The number of aliphatic imine (C=N–C) groups is 1. The van der Waals surface area contributed by atoms with Gasteiger partial charge in [-0.3, -0.25) is 19.3 Å². The van der Waals surface area contributed by atoms with Crippen LogP contribution in [-0.4, -0.2) is 60.2 Å². The van der Waals surface area contributed by atoms with Gasteiger partial charge in [-0.05, 0) is 75.8 Å². The SMILES string of the molecule is Cc1ccc(C(=O)N=C2Cc3ccc(CN4CCNC(=O)C4)cc3N2C2CCC(C(=O)NC(C)C)CC2)cc1. The van der Waals surface area contributed by atoms with Gasteiger partial charge < -0.3 is 15.5 Å². The van der Waals surface area contributed by atoms with Gasteiger partial charge in [-0.25, -0.2) is 0 Å². The minimum atomic E-state index is -0.229. The predicted octanol–water partition coefficient (Wildman–Crippen LogP) is 3.61. The number of hydrogen-bond donors (Lipinski definition) is 2. The van der Waals surface area contributed by atoms with Gasteiger partial charge in [-0.2, -0.15) is 4.99 Å². The Bertz CT molecular complexity index is 1260. The Labute approximate surface area is 230 Å². The van der Waals surface area contributed by atoms with Crippen LogP contribution in [0, 0.1) is 12.8 Å². The van der Waals surface area contributed by atoms with Crippen LogP contribution in [-0.2, 0) is 22.6 Å². The molecule has 1 saturated heterocycles. The number of fused-ring (bicyclic) bond motifs is 1. The van der Waals surface area contributed by atoms with E-state index in [1.165, 1.54) is 0 Å². The Morgan fingerprint density at radius 3 is 2.51 bits per heavy atom. The summed E-state index contributed by atoms with van der Waals surface area (Å²) in [5.41, 5.74) is 5.09. The number of nitrogens with zero attached hydrogens (tertiary/aromatic N) is 3. The molecule has 5 rings (SSSR count). The topological polar surface area (TPSA) is 94.1 Å². The zero-order valence-electron chi connectivity index (χ0n) is 23.2. The molecule has 8 heteroatoms. The van der Waals surface area contributed by atoms with Crippen molar-refractivity contribution < 1.29 is 14.4 Å². The third-order valence-corrected chi connectivity index (χ3v) is 7.95. The molecule has 1 aliphatic carbocycles. The lowest BCUT2D eigenvalue weighted by Crippen LogP contribution is -2.47. The van der Waals surface area contributed by atoms with Gasteiger partial charge in [0, 0.05) is 55.3 Å². The van der Waals surface area contributed by atoms with E-state index in [1.807, 2.05) is 45.0 Å². The van der Waals surface area contributed by atoms with Crippen LogP contribution in [0.5, 0.6) is 0 Å². The maximum atomic E-state index is 13.2. The average molecular weight is 530 g/mol. The maximum absolute atomic E-state index is 13.2. The van der Waals surface area contributed by atoms with Gasteiger partial charge in [0.25, 0.3) is 5.91 Å². The minimum absolute atomic E-state index is 0.0249. The molecule has 2 N–H and O–H groups in total. The van der Waals surface area contributed by atoms with E-state index in [2.05, 4.69) is 43.6 Å². The highest BCUT2D eigenvalue weighted by Crippen LogP contribution is 2.38. The number of aryl methyl sites for hydroxylation is 1. The first kappa shape index (κ1) is 27.1. The third-order valence-electron chi connectivity index (χ3n) is 7.95. The molecular formula is C31H39N5O3. The van der Waals surface area contributed by atoms with Crippen LogP contribution >= 0.6 is 0 Å². The molecule has 39 heavy (non-hydrogen) atoms. The fourth-order valence-electron chi connectivity index (χ4n) is 5.94. The van der Waals surface area contributed by atoms with E-state index in [4.69, 9.17) is 0 Å². The number of carbonyl (C=O) groups is 3. The predicted molar refractivity (Wildman–Crippen MR) is 153 cm³/mol. The molecule has 0 spiro atoms. The van der Waals surface area contributed by atoms with Crippen LogP contribution in [0.4, 0.5) is 5.69 Å². The molecule has 3 amide bonds. The summed E-state index contributed by atoms with van der Waals surface area (Å²) in [6.45, 7) is 8.58. The second kappa shape index (κ2) is 11.7. The summed E-state index contributed by atoms with van der Waals surface area (Å²) in [5, 5.41) is 5.95. The second-order valence-corrected chi connectivity index (χ2v) is 11.4. The molecule has 1 saturated carbocycles. The Morgan fingerprint density at radius 1 is 1.08 bits per heavy atom. The molecule has 8 nitrogen and oxygen atoms in total. The van der Waals surface area contributed by atoms with Crippen molar-refractivity contribution >= 4 is 29.2 Å². The summed E-state index contributed by atoms with van der Waals surface area (Å²) in [5.74, 6) is 0.775. The zero-order valence-corrected chi connectivity index (χ0v) is 23.2. The summed E-state index contributed by atoms with van der Waals surface area (Å²) in [7, 11) is 0. The molecule has 2 heterocycles. The minimum Gasteiger partial charge on any atom is -0.354 e. The Morgan fingerprint density at radius 2 is 1.82 bits per heavy atom. The molecule has 0 atom stereocenters. The van der Waals surface area contributed by atoms with Gasteiger partial charge in [0.15, 0.2) is 0 Å². The van der Waals surface area contributed by atoms with Crippen molar-refractivity contribution in [2.75, 3.05) is 24.5 Å². The van der Waals surface area contributed by atoms with Crippen molar-refractivity contribution in [3.63, 3.8) is 0 Å². The van der Waals surface area contributed by atoms with Crippen molar-refractivity contribution in [1.29, 1.82) is 0 Å². The number of rotatable bonds is 6. The fourth-order valence-corrected chi connectivity index (χ4v) is 5.94. The molecule has 206 valence electrons. The van der Waals surface area contributed by atoms with Crippen LogP contribution < -0.4 is 15.5 Å². The molecule has 0 unspecified atom stereocenters. The summed E-state index contributed by atoms with van der Waals surface area (Å²) in [6, 6.07) is 14.3. The van der Waals surface area contributed by atoms with Crippen molar-refractivity contribution in [3.8, 4) is 0 Å². The van der Waals surface area contributed by atoms with Gasteiger partial charge in [0.1, 0.15) is 5.84 Å². The Hall–Kier alpha value is -3.52. The molecule has 2 fully saturated rings. The maximum Gasteiger partial charge on any atom is 0.278 e. The number of piperazine rings is 1. The molecule has 0 bridgehead atoms. The van der Waals surface area contributed by atoms with Gasteiger partial charge in [-0.1, -0.05) is 29.8 Å². The second-order valence-electron chi connectivity index (χ2n) is 11.4. The first-order valence-corrected chi connectivity index (χ1v) is 14.2. The number of anilines is 1. The van der Waals surface area contributed by atoms with Gasteiger partial charge in [-0.15, -0.1) is 0 Å². The van der Waals surface area contributed by atoms with Crippen LogP contribution in [0.2, 0.25) is 0 Å². The van der Waals surface area contributed by atoms with E-state index in [9.17, 15) is 14.4 Å². The van der Waals surface area contributed by atoms with Crippen molar-refractivity contribution in [2.24, 2.45) is 10.9 Å². The first-order chi connectivity index (χ1) is 18.8. The van der Waals surface area contributed by atoms with Crippen LogP contribution in [0.1, 0.15) is 66.6 Å². The lowest BCUT2D eigenvalue weighted by molar-refractivity contribution is -0.126. The summed E-state index contributed by atoms with van der Waals surface area (Å²) >= 11 is 0. The molecule has 2 aromatic carbocycles. The lowest BCUT2D eigenvalue weighted by Gasteiger charge is -2.36. The fraction of sp³-hybridized carbons (Fsp3) is 0.484.